The number of rotatable bonds is 0. The van der Waals surface area contributed by atoms with Crippen LogP contribution < -0.4 is 0 Å². The molecule has 1 heteroatoms. The van der Waals surface area contributed by atoms with Gasteiger partial charge in [0.05, 0.1) is 0 Å². The summed E-state index contributed by atoms with van der Waals surface area (Å²) in [7, 11) is 0. The molecule has 0 aromatic rings. The molecule has 0 atom stereocenters. The highest BCUT2D eigenvalue weighted by molar-refractivity contribution is 5.72. The smallest absolute Gasteiger partial charge is 0.0264 e. The van der Waals surface area contributed by atoms with Gasteiger partial charge in [-0.1, -0.05) is 39.8 Å². The van der Waals surface area contributed by atoms with Crippen LogP contribution in [0.2, 0.25) is 0 Å². The Balaban J connectivity index is 0.000000461. The normalized spacial score (nSPS) is 18.5. The lowest BCUT2D eigenvalue weighted by molar-refractivity contribution is 0.626. The van der Waals surface area contributed by atoms with Gasteiger partial charge in [0.2, 0.25) is 0 Å². The molecule has 62 valence electrons. The lowest BCUT2D eigenvalue weighted by Gasteiger charge is -2.11. The van der Waals surface area contributed by atoms with Gasteiger partial charge >= 0.3 is 0 Å². The van der Waals surface area contributed by atoms with Crippen LogP contribution in [0.4, 0.5) is 0 Å². The van der Waals surface area contributed by atoms with Crippen LogP contribution in [0, 0.1) is 5.41 Å². The summed E-state index contributed by atoms with van der Waals surface area (Å²) in [5.74, 6) is 0. The second kappa shape index (κ2) is 4.89. The Morgan fingerprint density at radius 2 is 1.73 bits per heavy atom. The molecule has 1 rings (SSSR count). The lowest BCUT2D eigenvalue weighted by atomic mass is 9.94. The van der Waals surface area contributed by atoms with E-state index in [0.717, 1.165) is 0 Å². The second-order valence-electron chi connectivity index (χ2n) is 2.79. The van der Waals surface area contributed by atoms with E-state index in [9.17, 15) is 0 Å². The zero-order valence-corrected chi connectivity index (χ0v) is 7.83. The minimum atomic E-state index is 0.177. The van der Waals surface area contributed by atoms with E-state index in [-0.39, 0.29) is 5.41 Å². The lowest BCUT2D eigenvalue weighted by Crippen LogP contribution is -2.00. The van der Waals surface area contributed by atoms with Gasteiger partial charge in [0.1, 0.15) is 0 Å². The van der Waals surface area contributed by atoms with Gasteiger partial charge in [0.25, 0.3) is 0 Å². The summed E-state index contributed by atoms with van der Waals surface area (Å²) in [6.45, 7) is 8.30. The molecule has 1 aliphatic rings. The summed E-state index contributed by atoms with van der Waals surface area (Å²) in [6, 6.07) is 0. The van der Waals surface area contributed by atoms with Crippen molar-refractivity contribution in [3.05, 3.63) is 24.4 Å². The minimum absolute atomic E-state index is 0.177. The van der Waals surface area contributed by atoms with Crippen LogP contribution in [0.25, 0.3) is 0 Å². The van der Waals surface area contributed by atoms with E-state index in [4.69, 9.17) is 0 Å². The molecule has 0 N–H and O–H groups in total. The first-order chi connectivity index (χ1) is 5.21. The van der Waals surface area contributed by atoms with E-state index in [1.165, 1.54) is 0 Å². The maximum atomic E-state index is 3.97. The SMILES string of the molecule is CC.CC1(C)C=CC=NC=C1. The van der Waals surface area contributed by atoms with Gasteiger partial charge in [-0.05, 0) is 6.08 Å². The first-order valence-electron chi connectivity index (χ1n) is 4.09. The van der Waals surface area contributed by atoms with Gasteiger partial charge < -0.3 is 0 Å². The molecule has 0 amide bonds. The van der Waals surface area contributed by atoms with Crippen molar-refractivity contribution in [1.82, 2.24) is 0 Å². The van der Waals surface area contributed by atoms with E-state index < -0.39 is 0 Å². The first kappa shape index (κ1) is 10.2. The fraction of sp³-hybridized carbons (Fsp3) is 0.500. The zero-order valence-electron chi connectivity index (χ0n) is 7.83. The summed E-state index contributed by atoms with van der Waals surface area (Å²) in [5, 5.41) is 0. The number of hydrogen-bond acceptors (Lipinski definition) is 1. The summed E-state index contributed by atoms with van der Waals surface area (Å²) < 4.78 is 0. The number of nitrogens with zero attached hydrogens (tertiary/aromatic N) is 1. The summed E-state index contributed by atoms with van der Waals surface area (Å²) >= 11 is 0. The van der Waals surface area contributed by atoms with Gasteiger partial charge in [-0.3, -0.25) is 4.99 Å². The first-order valence-corrected chi connectivity index (χ1v) is 4.09. The highest BCUT2D eigenvalue weighted by Crippen LogP contribution is 2.19. The third kappa shape index (κ3) is 4.54. The van der Waals surface area contributed by atoms with E-state index in [2.05, 4.69) is 31.0 Å². The number of allylic oxidation sites excluding steroid dienone is 3. The van der Waals surface area contributed by atoms with Crippen molar-refractivity contribution in [2.45, 2.75) is 27.7 Å². The number of aliphatic imine (C=N–C) groups is 1. The van der Waals surface area contributed by atoms with Crippen LogP contribution in [0.5, 0.6) is 0 Å². The fourth-order valence-electron chi connectivity index (χ4n) is 0.681. The molecule has 0 aromatic carbocycles. The van der Waals surface area contributed by atoms with Gasteiger partial charge in [0.15, 0.2) is 0 Å². The summed E-state index contributed by atoms with van der Waals surface area (Å²) in [4.78, 5) is 3.97. The van der Waals surface area contributed by atoms with Crippen molar-refractivity contribution >= 4 is 6.21 Å². The largest absolute Gasteiger partial charge is 0.265 e. The Morgan fingerprint density at radius 1 is 1.09 bits per heavy atom. The zero-order chi connectivity index (χ0) is 8.74. The maximum absolute atomic E-state index is 3.97. The molecular weight excluding hydrogens is 134 g/mol. The molecule has 0 fully saturated rings. The standard InChI is InChI=1S/C8H11N.C2H6/c1-8(2)4-3-6-9-7-5-8;1-2/h3-7H,1-2H3;1-2H3. The Hall–Kier alpha value is -0.850. The number of hydrogen-bond donors (Lipinski definition) is 0. The summed E-state index contributed by atoms with van der Waals surface area (Å²) in [6.07, 6.45) is 9.80. The molecule has 0 aromatic heterocycles. The summed E-state index contributed by atoms with van der Waals surface area (Å²) in [5.41, 5.74) is 0.177. The van der Waals surface area contributed by atoms with Crippen molar-refractivity contribution < 1.29 is 0 Å². The van der Waals surface area contributed by atoms with Gasteiger partial charge in [0, 0.05) is 17.8 Å². The molecule has 1 heterocycles. The molecule has 11 heavy (non-hydrogen) atoms. The third-order valence-electron chi connectivity index (χ3n) is 1.29. The van der Waals surface area contributed by atoms with Crippen molar-refractivity contribution in [2.75, 3.05) is 0 Å². The van der Waals surface area contributed by atoms with Crippen molar-refractivity contribution in [3.8, 4) is 0 Å². The molecule has 0 aliphatic carbocycles. The fourth-order valence-corrected chi connectivity index (χ4v) is 0.681. The van der Waals surface area contributed by atoms with Crippen LogP contribution in [0.15, 0.2) is 29.4 Å². The van der Waals surface area contributed by atoms with Crippen molar-refractivity contribution in [3.63, 3.8) is 0 Å². The van der Waals surface area contributed by atoms with E-state index >= 15 is 0 Å². The van der Waals surface area contributed by atoms with Crippen LogP contribution in [0.3, 0.4) is 0 Å². The van der Waals surface area contributed by atoms with Gasteiger partial charge in [-0.25, -0.2) is 0 Å². The molecule has 0 saturated heterocycles. The molecule has 1 aliphatic heterocycles. The van der Waals surface area contributed by atoms with Crippen LogP contribution in [-0.2, 0) is 0 Å². The minimum Gasteiger partial charge on any atom is -0.265 e. The quantitative estimate of drug-likeness (QED) is 0.504. The van der Waals surface area contributed by atoms with Crippen LogP contribution >= 0.6 is 0 Å². The molecule has 1 nitrogen and oxygen atoms in total. The average molecular weight is 151 g/mol. The third-order valence-corrected chi connectivity index (χ3v) is 1.29. The topological polar surface area (TPSA) is 12.4 Å². The van der Waals surface area contributed by atoms with Gasteiger partial charge in [-0.2, -0.15) is 0 Å². The van der Waals surface area contributed by atoms with E-state index in [1.807, 2.05) is 26.1 Å². The van der Waals surface area contributed by atoms with Crippen molar-refractivity contribution in [1.29, 1.82) is 0 Å². The highest BCUT2D eigenvalue weighted by Gasteiger charge is 2.07. The Labute approximate surface area is 69.5 Å². The van der Waals surface area contributed by atoms with E-state index in [1.54, 1.807) is 6.21 Å². The molecule has 0 unspecified atom stereocenters. The monoisotopic (exact) mass is 151 g/mol. The highest BCUT2D eigenvalue weighted by atomic mass is 14.7. The molecular formula is C10H17N. The predicted octanol–water partition coefficient (Wildman–Crippen LogP) is 3.19. The predicted molar refractivity (Wildman–Crippen MR) is 51.9 cm³/mol. The molecule has 0 saturated carbocycles. The second-order valence-corrected chi connectivity index (χ2v) is 2.79. The van der Waals surface area contributed by atoms with Crippen LogP contribution in [-0.4, -0.2) is 6.21 Å². The van der Waals surface area contributed by atoms with Crippen molar-refractivity contribution in [2.24, 2.45) is 10.4 Å². The Bertz CT molecular complexity index is 155. The van der Waals surface area contributed by atoms with Gasteiger partial charge in [-0.15, -0.1) is 0 Å². The Morgan fingerprint density at radius 3 is 2.36 bits per heavy atom. The van der Waals surface area contributed by atoms with E-state index in [0.29, 0.717) is 0 Å². The molecule has 0 spiro atoms. The molecule has 0 radical (unpaired) electrons. The average Bonchev–Trinajstić information content (AvgIpc) is 2.17. The van der Waals surface area contributed by atoms with Crippen LogP contribution in [0.1, 0.15) is 27.7 Å². The Kier molecular flexibility index (Phi) is 4.51. The molecule has 0 bridgehead atoms. The maximum Gasteiger partial charge on any atom is 0.0264 e.